The molecule has 0 saturated carbocycles. The van der Waals surface area contributed by atoms with E-state index in [1.807, 2.05) is 48.5 Å². The van der Waals surface area contributed by atoms with E-state index < -0.39 is 23.9 Å². The van der Waals surface area contributed by atoms with Crippen LogP contribution in [0.4, 0.5) is 34.1 Å². The molecular weight excluding hydrogens is 829 g/mol. The molecule has 6 rings (SSSR count). The average molecular weight is 883 g/mol. The first-order valence-electron chi connectivity index (χ1n) is 21.7. The Labute approximate surface area is 387 Å². The Hall–Kier alpha value is -7.98. The fourth-order valence-corrected chi connectivity index (χ4v) is 6.82. The van der Waals surface area contributed by atoms with Crippen molar-refractivity contribution < 1.29 is 38.1 Å². The Balaban J connectivity index is 1.13. The van der Waals surface area contributed by atoms with Gasteiger partial charge < -0.3 is 28.7 Å². The van der Waals surface area contributed by atoms with Crippen molar-refractivity contribution in [2.75, 3.05) is 36.2 Å². The predicted molar refractivity (Wildman–Crippen MR) is 262 cm³/mol. The number of carbonyl (C=O) groups excluding carboxylic acids is 4. The molecule has 66 heavy (non-hydrogen) atoms. The van der Waals surface area contributed by atoms with Crippen LogP contribution in [0.5, 0.6) is 0 Å². The highest BCUT2D eigenvalue weighted by atomic mass is 16.6. The van der Waals surface area contributed by atoms with Crippen LogP contribution in [0.2, 0.25) is 0 Å². The summed E-state index contributed by atoms with van der Waals surface area (Å²) in [5.41, 5.74) is 11.8. The molecule has 6 aromatic rings. The van der Waals surface area contributed by atoms with E-state index in [4.69, 9.17) is 18.9 Å². The number of esters is 4. The summed E-state index contributed by atoms with van der Waals surface area (Å²) < 4.78 is 20.4. The summed E-state index contributed by atoms with van der Waals surface area (Å²) in [4.78, 5) is 53.1. The van der Waals surface area contributed by atoms with Crippen LogP contribution in [0.25, 0.3) is 12.2 Å². The van der Waals surface area contributed by atoms with Gasteiger partial charge in [0.1, 0.15) is 13.2 Å². The van der Waals surface area contributed by atoms with Gasteiger partial charge >= 0.3 is 23.9 Å². The Morgan fingerprint density at radius 2 is 0.697 bits per heavy atom. The van der Waals surface area contributed by atoms with E-state index in [2.05, 4.69) is 146 Å². The first-order valence-corrected chi connectivity index (χ1v) is 21.7. The summed E-state index contributed by atoms with van der Waals surface area (Å²) in [5.74, 6) is -2.09. The van der Waals surface area contributed by atoms with E-state index in [-0.39, 0.29) is 50.4 Å². The molecule has 0 heterocycles. The summed E-state index contributed by atoms with van der Waals surface area (Å²) >= 11 is 0. The molecule has 10 heteroatoms. The third-order valence-electron chi connectivity index (χ3n) is 10.4. The van der Waals surface area contributed by atoms with Gasteiger partial charge in [-0.2, -0.15) is 0 Å². The van der Waals surface area contributed by atoms with Crippen LogP contribution >= 0.6 is 0 Å². The Kier molecular flexibility index (Phi) is 16.6. The van der Waals surface area contributed by atoms with Crippen LogP contribution in [0.15, 0.2) is 170 Å². The zero-order chi connectivity index (χ0) is 47.0. The molecule has 0 atom stereocenters. The molecule has 6 aromatic carbocycles. The number of hydrogen-bond donors (Lipinski definition) is 0. The fraction of sp³-hybridized carbons (Fsp3) is 0.179. The molecule has 0 saturated heterocycles. The predicted octanol–water partition coefficient (Wildman–Crippen LogP) is 11.8. The van der Waals surface area contributed by atoms with Crippen molar-refractivity contribution >= 4 is 70.2 Å². The van der Waals surface area contributed by atoms with Gasteiger partial charge in [0.25, 0.3) is 0 Å². The van der Waals surface area contributed by atoms with Crippen molar-refractivity contribution in [2.45, 2.75) is 40.5 Å². The van der Waals surface area contributed by atoms with Crippen LogP contribution in [-0.2, 0) is 51.0 Å². The summed E-state index contributed by atoms with van der Waals surface area (Å²) in [5, 5.41) is 0. The molecule has 0 aliphatic carbocycles. The van der Waals surface area contributed by atoms with Crippen molar-refractivity contribution in [1.82, 2.24) is 0 Å². The van der Waals surface area contributed by atoms with Crippen molar-refractivity contribution in [3.63, 3.8) is 0 Å². The average Bonchev–Trinajstić information content (AvgIpc) is 3.32. The first-order chi connectivity index (χ1) is 31.9. The van der Waals surface area contributed by atoms with Gasteiger partial charge in [-0.15, -0.1) is 0 Å². The first kappa shape index (κ1) is 47.5. The highest BCUT2D eigenvalue weighted by Gasteiger charge is 2.17. The third kappa shape index (κ3) is 13.3. The minimum absolute atomic E-state index is 0.0469. The van der Waals surface area contributed by atoms with Gasteiger partial charge in [0.2, 0.25) is 0 Å². The standard InChI is InChI=1S/C56H54N2O8/c1-7-63-55(61)41(5)37-65-53(59)35-45-19-31-51(32-20-45)57(47-23-9-39(3)10-24-47)49-27-15-43(16-28-49)13-14-44-17-29-50(30-18-44)58(48-25-11-40(4)12-26-48)52-33-21-46(22-34-52)36-54(60)66-38-42(6)56(62)64-8-2/h9-34H,5-8,35-38H2,1-4H3. The zero-order valence-corrected chi connectivity index (χ0v) is 37.8. The second kappa shape index (κ2) is 23.1. The molecule has 0 radical (unpaired) electrons. The van der Waals surface area contributed by atoms with Crippen molar-refractivity contribution in [3.05, 3.63) is 203 Å². The number of carbonyl (C=O) groups is 4. The largest absolute Gasteiger partial charge is 0.463 e. The molecule has 0 unspecified atom stereocenters. The number of anilines is 6. The number of nitrogens with zero attached hydrogens (tertiary/aromatic N) is 2. The lowest BCUT2D eigenvalue weighted by Gasteiger charge is -2.26. The van der Waals surface area contributed by atoms with Crippen LogP contribution in [0.3, 0.4) is 0 Å². The molecule has 0 amide bonds. The second-order valence-corrected chi connectivity index (χ2v) is 15.5. The molecule has 0 aromatic heterocycles. The molecule has 0 spiro atoms. The zero-order valence-electron chi connectivity index (χ0n) is 37.8. The number of hydrogen-bond acceptors (Lipinski definition) is 10. The SMILES string of the molecule is C=C(COC(=O)Cc1ccc(N(c2ccc(C)cc2)c2ccc(C=Cc3ccc(N(c4ccc(C)cc4)c4ccc(CC(=O)OCC(=C)C(=O)OCC)cc4)cc3)cc2)cc1)C(=O)OCC. The van der Waals surface area contributed by atoms with Gasteiger partial charge in [-0.05, 0) is 123 Å². The lowest BCUT2D eigenvalue weighted by atomic mass is 10.1. The van der Waals surface area contributed by atoms with Crippen LogP contribution in [0, 0.1) is 13.8 Å². The van der Waals surface area contributed by atoms with Gasteiger partial charge in [0.05, 0.1) is 37.2 Å². The summed E-state index contributed by atoms with van der Waals surface area (Å²) in [6.07, 6.45) is 4.26. The molecule has 0 aliphatic rings. The molecule has 0 N–H and O–H groups in total. The van der Waals surface area contributed by atoms with E-state index in [9.17, 15) is 19.2 Å². The van der Waals surface area contributed by atoms with Gasteiger partial charge in [-0.25, -0.2) is 9.59 Å². The van der Waals surface area contributed by atoms with Gasteiger partial charge in [-0.1, -0.05) is 109 Å². The maximum atomic E-state index is 12.6. The maximum Gasteiger partial charge on any atom is 0.336 e. The molecule has 0 bridgehead atoms. The maximum absolute atomic E-state index is 12.6. The summed E-state index contributed by atoms with van der Waals surface area (Å²) in [7, 11) is 0. The second-order valence-electron chi connectivity index (χ2n) is 15.5. The van der Waals surface area contributed by atoms with Crippen LogP contribution in [-0.4, -0.2) is 50.3 Å². The van der Waals surface area contributed by atoms with Crippen molar-refractivity contribution in [3.8, 4) is 0 Å². The van der Waals surface area contributed by atoms with E-state index in [1.165, 1.54) is 0 Å². The topological polar surface area (TPSA) is 112 Å². The summed E-state index contributed by atoms with van der Waals surface area (Å²) in [6.45, 7) is 14.8. The molecular formula is C56H54N2O8. The minimum atomic E-state index is -0.580. The monoisotopic (exact) mass is 882 g/mol. The minimum Gasteiger partial charge on any atom is -0.463 e. The highest BCUT2D eigenvalue weighted by Crippen LogP contribution is 2.37. The lowest BCUT2D eigenvalue weighted by Crippen LogP contribution is -2.16. The van der Waals surface area contributed by atoms with Crippen LogP contribution < -0.4 is 9.80 Å². The van der Waals surface area contributed by atoms with Crippen molar-refractivity contribution in [1.29, 1.82) is 0 Å². The Bertz CT molecular complexity index is 2460. The van der Waals surface area contributed by atoms with Crippen LogP contribution in [0.1, 0.15) is 47.2 Å². The smallest absolute Gasteiger partial charge is 0.336 e. The highest BCUT2D eigenvalue weighted by molar-refractivity contribution is 5.89. The lowest BCUT2D eigenvalue weighted by molar-refractivity contribution is -0.145. The van der Waals surface area contributed by atoms with E-state index in [1.54, 1.807) is 13.8 Å². The van der Waals surface area contributed by atoms with Crippen molar-refractivity contribution in [2.24, 2.45) is 0 Å². The third-order valence-corrected chi connectivity index (χ3v) is 10.4. The quantitative estimate of drug-likeness (QED) is 0.0318. The number of rotatable bonds is 20. The van der Waals surface area contributed by atoms with E-state index in [0.717, 1.165) is 67.5 Å². The van der Waals surface area contributed by atoms with E-state index in [0.29, 0.717) is 0 Å². The number of ether oxygens (including phenoxy) is 4. The molecule has 336 valence electrons. The Morgan fingerprint density at radius 1 is 0.424 bits per heavy atom. The Morgan fingerprint density at radius 3 is 0.985 bits per heavy atom. The number of aryl methyl sites for hydroxylation is 2. The molecule has 0 fully saturated rings. The summed E-state index contributed by atoms with van der Waals surface area (Å²) in [6, 6.07) is 48.8. The number of benzene rings is 6. The van der Waals surface area contributed by atoms with E-state index >= 15 is 0 Å². The van der Waals surface area contributed by atoms with Gasteiger partial charge in [0.15, 0.2) is 0 Å². The molecule has 10 nitrogen and oxygen atoms in total. The van der Waals surface area contributed by atoms with Gasteiger partial charge in [-0.3, -0.25) is 9.59 Å². The van der Waals surface area contributed by atoms with Gasteiger partial charge in [0, 0.05) is 34.1 Å². The molecule has 0 aliphatic heterocycles. The normalized spacial score (nSPS) is 10.8. The fourth-order valence-electron chi connectivity index (χ4n) is 6.82.